The minimum atomic E-state index is -4.40. The van der Waals surface area contributed by atoms with Crippen LogP contribution in [0.3, 0.4) is 0 Å². The van der Waals surface area contributed by atoms with E-state index in [1.807, 2.05) is 4.90 Å². The number of anilines is 1. The van der Waals surface area contributed by atoms with Crippen LogP contribution in [0, 0.1) is 0 Å². The van der Waals surface area contributed by atoms with Crippen LogP contribution < -0.4 is 10.2 Å². The van der Waals surface area contributed by atoms with Crippen LogP contribution in [-0.4, -0.2) is 35.2 Å². The number of amides is 1. The third-order valence-electron chi connectivity index (χ3n) is 3.58. The van der Waals surface area contributed by atoms with Crippen LogP contribution >= 0.6 is 0 Å². The van der Waals surface area contributed by atoms with Gasteiger partial charge in [-0.05, 0) is 18.6 Å². The van der Waals surface area contributed by atoms with Crippen molar-refractivity contribution >= 4 is 11.7 Å². The number of pyridine rings is 1. The molecule has 1 atom stereocenters. The standard InChI is InChI=1S/C14H13F3N4O2/c15-14(16,17)9-1-2-12(18-7-9)21-6-4-10(8-21)20-13(22)11-3-5-19-23-11/h1-3,5,7,10H,4,6,8H2,(H,20,22). The summed E-state index contributed by atoms with van der Waals surface area (Å²) < 4.78 is 42.3. The van der Waals surface area contributed by atoms with Gasteiger partial charge in [0.25, 0.3) is 5.91 Å². The van der Waals surface area contributed by atoms with Crippen molar-refractivity contribution in [3.05, 3.63) is 41.9 Å². The van der Waals surface area contributed by atoms with Gasteiger partial charge in [-0.1, -0.05) is 5.16 Å². The Morgan fingerprint density at radius 3 is 2.78 bits per heavy atom. The van der Waals surface area contributed by atoms with Gasteiger partial charge in [0.2, 0.25) is 5.76 Å². The Hall–Kier alpha value is -2.58. The average Bonchev–Trinajstić information content (AvgIpc) is 3.18. The minimum absolute atomic E-state index is 0.121. The summed E-state index contributed by atoms with van der Waals surface area (Å²) in [7, 11) is 0. The van der Waals surface area contributed by atoms with Gasteiger partial charge in [0.15, 0.2) is 0 Å². The summed E-state index contributed by atoms with van der Waals surface area (Å²) >= 11 is 0. The molecule has 0 saturated carbocycles. The maximum absolute atomic E-state index is 12.5. The maximum atomic E-state index is 12.5. The molecule has 2 aromatic rings. The van der Waals surface area contributed by atoms with Crippen LogP contribution in [0.4, 0.5) is 19.0 Å². The topological polar surface area (TPSA) is 71.3 Å². The Bertz CT molecular complexity index is 670. The van der Waals surface area contributed by atoms with Crippen LogP contribution in [0.1, 0.15) is 22.5 Å². The highest BCUT2D eigenvalue weighted by Crippen LogP contribution is 2.29. The summed E-state index contributed by atoms with van der Waals surface area (Å²) in [5.41, 5.74) is -0.782. The van der Waals surface area contributed by atoms with Gasteiger partial charge in [-0.3, -0.25) is 4.79 Å². The highest BCUT2D eigenvalue weighted by Gasteiger charge is 2.31. The number of carbonyl (C=O) groups excluding carboxylic acids is 1. The molecule has 0 spiro atoms. The fourth-order valence-electron chi connectivity index (χ4n) is 2.42. The molecule has 1 amide bonds. The van der Waals surface area contributed by atoms with Crippen molar-refractivity contribution < 1.29 is 22.5 Å². The van der Waals surface area contributed by atoms with Crippen molar-refractivity contribution in [1.29, 1.82) is 0 Å². The van der Waals surface area contributed by atoms with E-state index in [0.717, 1.165) is 12.3 Å². The van der Waals surface area contributed by atoms with Gasteiger partial charge in [0.05, 0.1) is 11.8 Å². The first-order chi connectivity index (χ1) is 10.9. The number of halogens is 3. The van der Waals surface area contributed by atoms with Gasteiger partial charge < -0.3 is 14.7 Å². The van der Waals surface area contributed by atoms with E-state index in [-0.39, 0.29) is 17.7 Å². The van der Waals surface area contributed by atoms with Gasteiger partial charge in [-0.25, -0.2) is 4.98 Å². The lowest BCUT2D eigenvalue weighted by Gasteiger charge is -2.18. The van der Waals surface area contributed by atoms with E-state index in [1.54, 1.807) is 0 Å². The quantitative estimate of drug-likeness (QED) is 0.935. The Balaban J connectivity index is 1.60. The van der Waals surface area contributed by atoms with Gasteiger partial charge in [-0.2, -0.15) is 13.2 Å². The van der Waals surface area contributed by atoms with Crippen molar-refractivity contribution in [1.82, 2.24) is 15.5 Å². The van der Waals surface area contributed by atoms with E-state index in [2.05, 4.69) is 15.5 Å². The van der Waals surface area contributed by atoms with Crippen LogP contribution in [0.15, 0.2) is 35.1 Å². The molecular formula is C14H13F3N4O2. The fraction of sp³-hybridized carbons (Fsp3) is 0.357. The third-order valence-corrected chi connectivity index (χ3v) is 3.58. The lowest BCUT2D eigenvalue weighted by Crippen LogP contribution is -2.37. The summed E-state index contributed by atoms with van der Waals surface area (Å²) in [6.07, 6.45) is -1.54. The largest absolute Gasteiger partial charge is 0.417 e. The molecule has 1 unspecified atom stereocenters. The highest BCUT2D eigenvalue weighted by atomic mass is 19.4. The summed E-state index contributed by atoms with van der Waals surface area (Å²) in [5.74, 6) is 0.209. The molecule has 1 saturated heterocycles. The normalized spacial score (nSPS) is 18.2. The van der Waals surface area contributed by atoms with Crippen LogP contribution in [0.25, 0.3) is 0 Å². The van der Waals surface area contributed by atoms with Crippen LogP contribution in [0.2, 0.25) is 0 Å². The zero-order chi connectivity index (χ0) is 16.4. The number of hydrogen-bond acceptors (Lipinski definition) is 5. The fourth-order valence-corrected chi connectivity index (χ4v) is 2.42. The number of hydrogen-bond donors (Lipinski definition) is 1. The molecule has 122 valence electrons. The van der Waals surface area contributed by atoms with Crippen LogP contribution in [0.5, 0.6) is 0 Å². The van der Waals surface area contributed by atoms with E-state index in [1.165, 1.54) is 18.3 Å². The Morgan fingerprint density at radius 2 is 2.17 bits per heavy atom. The number of nitrogens with one attached hydrogen (secondary N) is 1. The molecule has 0 aliphatic carbocycles. The molecule has 1 aliphatic rings. The summed E-state index contributed by atoms with van der Waals surface area (Å²) in [6, 6.07) is 3.67. The Kier molecular flexibility index (Phi) is 3.93. The molecule has 3 rings (SSSR count). The first kappa shape index (κ1) is 15.3. The predicted octanol–water partition coefficient (Wildman–Crippen LogP) is 2.10. The summed E-state index contributed by atoms with van der Waals surface area (Å²) in [4.78, 5) is 17.5. The number of carbonyl (C=O) groups is 1. The second kappa shape index (κ2) is 5.90. The Morgan fingerprint density at radius 1 is 1.35 bits per heavy atom. The summed E-state index contributed by atoms with van der Waals surface area (Å²) in [6.45, 7) is 1.07. The molecule has 9 heteroatoms. The molecule has 3 heterocycles. The van der Waals surface area contributed by atoms with Crippen molar-refractivity contribution in [3.63, 3.8) is 0 Å². The first-order valence-electron chi connectivity index (χ1n) is 6.93. The van der Waals surface area contributed by atoms with Crippen molar-refractivity contribution in [2.75, 3.05) is 18.0 Å². The molecule has 1 aliphatic heterocycles. The van der Waals surface area contributed by atoms with Crippen molar-refractivity contribution in [3.8, 4) is 0 Å². The van der Waals surface area contributed by atoms with Crippen molar-refractivity contribution in [2.24, 2.45) is 0 Å². The molecular weight excluding hydrogens is 313 g/mol. The Labute approximate surface area is 129 Å². The van der Waals surface area contributed by atoms with Gasteiger partial charge in [0.1, 0.15) is 5.82 Å². The highest BCUT2D eigenvalue weighted by molar-refractivity contribution is 5.91. The van der Waals surface area contributed by atoms with E-state index < -0.39 is 11.7 Å². The van der Waals surface area contributed by atoms with E-state index in [0.29, 0.717) is 25.3 Å². The minimum Gasteiger partial charge on any atom is -0.354 e. The SMILES string of the molecule is O=C(NC1CCN(c2ccc(C(F)(F)F)cn2)C1)c1ccno1. The zero-order valence-corrected chi connectivity index (χ0v) is 11.9. The predicted molar refractivity (Wildman–Crippen MR) is 73.8 cm³/mol. The van der Waals surface area contributed by atoms with E-state index in [4.69, 9.17) is 4.52 Å². The number of rotatable bonds is 3. The smallest absolute Gasteiger partial charge is 0.354 e. The molecule has 23 heavy (non-hydrogen) atoms. The van der Waals surface area contributed by atoms with Gasteiger partial charge in [0, 0.05) is 31.4 Å². The first-order valence-corrected chi connectivity index (χ1v) is 6.93. The number of nitrogens with zero attached hydrogens (tertiary/aromatic N) is 3. The lowest BCUT2D eigenvalue weighted by atomic mass is 10.2. The third kappa shape index (κ3) is 3.43. The average molecular weight is 326 g/mol. The molecule has 1 fully saturated rings. The van der Waals surface area contributed by atoms with E-state index >= 15 is 0 Å². The second-order valence-corrected chi connectivity index (χ2v) is 5.18. The number of alkyl halides is 3. The maximum Gasteiger partial charge on any atom is 0.417 e. The molecule has 0 radical (unpaired) electrons. The number of aromatic nitrogens is 2. The second-order valence-electron chi connectivity index (χ2n) is 5.18. The van der Waals surface area contributed by atoms with Crippen molar-refractivity contribution in [2.45, 2.75) is 18.6 Å². The van der Waals surface area contributed by atoms with Gasteiger partial charge in [-0.15, -0.1) is 0 Å². The lowest BCUT2D eigenvalue weighted by molar-refractivity contribution is -0.137. The summed E-state index contributed by atoms with van der Waals surface area (Å²) in [5, 5.41) is 6.25. The van der Waals surface area contributed by atoms with Gasteiger partial charge >= 0.3 is 6.18 Å². The molecule has 0 aromatic carbocycles. The van der Waals surface area contributed by atoms with Crippen LogP contribution in [-0.2, 0) is 6.18 Å². The molecule has 2 aromatic heterocycles. The monoisotopic (exact) mass is 326 g/mol. The molecule has 0 bridgehead atoms. The van der Waals surface area contributed by atoms with E-state index in [9.17, 15) is 18.0 Å². The zero-order valence-electron chi connectivity index (χ0n) is 11.9. The molecule has 1 N–H and O–H groups in total. The molecule has 6 nitrogen and oxygen atoms in total.